The van der Waals surface area contributed by atoms with Crippen LogP contribution in [0.4, 0.5) is 5.82 Å². The van der Waals surface area contributed by atoms with Gasteiger partial charge in [-0.15, -0.1) is 0 Å². The molecule has 0 radical (unpaired) electrons. The third-order valence-electron chi connectivity index (χ3n) is 9.22. The van der Waals surface area contributed by atoms with Crippen molar-refractivity contribution in [1.82, 2.24) is 14.8 Å². The van der Waals surface area contributed by atoms with Crippen molar-refractivity contribution in [2.45, 2.75) is 63.0 Å². The SMILES string of the molecule is CC(C)(O)C12CC(C1)N(c1cc(-n3ncc4ccc([C@@]5(C#N)CC56CC6)cc43)ccn1)C2. The van der Waals surface area contributed by atoms with E-state index in [1.165, 1.54) is 12.8 Å². The van der Waals surface area contributed by atoms with Crippen molar-refractivity contribution in [2.24, 2.45) is 10.8 Å². The average Bonchev–Trinajstić information content (AvgIpc) is 3.44. The summed E-state index contributed by atoms with van der Waals surface area (Å²) in [4.78, 5) is 7.02. The van der Waals surface area contributed by atoms with Gasteiger partial charge in [-0.25, -0.2) is 9.67 Å². The lowest BCUT2D eigenvalue weighted by Crippen LogP contribution is -2.50. The van der Waals surface area contributed by atoms with Crippen molar-refractivity contribution in [2.75, 3.05) is 11.4 Å². The normalized spacial score (nSPS) is 31.6. The van der Waals surface area contributed by atoms with Crippen LogP contribution in [0.15, 0.2) is 42.7 Å². The Balaban J connectivity index is 1.26. The molecule has 2 bridgehead atoms. The van der Waals surface area contributed by atoms with E-state index in [-0.39, 0.29) is 16.2 Å². The number of anilines is 1. The van der Waals surface area contributed by atoms with E-state index in [4.69, 9.17) is 0 Å². The zero-order valence-electron chi connectivity index (χ0n) is 18.5. The van der Waals surface area contributed by atoms with Crippen LogP contribution in [0.1, 0.15) is 51.5 Å². The molecule has 2 aliphatic heterocycles. The molecule has 2 saturated heterocycles. The van der Waals surface area contributed by atoms with Crippen LogP contribution >= 0.6 is 0 Å². The Hall–Kier alpha value is -2.91. The minimum atomic E-state index is -0.678. The van der Waals surface area contributed by atoms with Gasteiger partial charge in [0, 0.05) is 35.7 Å². The summed E-state index contributed by atoms with van der Waals surface area (Å²) in [6.07, 6.45) is 9.14. The van der Waals surface area contributed by atoms with Crippen molar-refractivity contribution in [1.29, 1.82) is 5.26 Å². The number of rotatable bonds is 4. The Morgan fingerprint density at radius 2 is 2.00 bits per heavy atom. The topological polar surface area (TPSA) is 78.0 Å². The Morgan fingerprint density at radius 3 is 2.66 bits per heavy atom. The molecule has 5 fully saturated rings. The maximum absolute atomic E-state index is 10.7. The fourth-order valence-corrected chi connectivity index (χ4v) is 6.64. The fraction of sp³-hybridized carbons (Fsp3) is 0.500. The monoisotopic (exact) mass is 425 g/mol. The highest BCUT2D eigenvalue weighted by atomic mass is 16.3. The second kappa shape index (κ2) is 5.52. The number of nitriles is 1. The molecule has 0 amide bonds. The van der Waals surface area contributed by atoms with Crippen LogP contribution in [0, 0.1) is 22.2 Å². The Morgan fingerprint density at radius 1 is 1.19 bits per heavy atom. The molecule has 162 valence electrons. The highest BCUT2D eigenvalue weighted by Gasteiger charge is 2.75. The number of aromatic nitrogens is 3. The van der Waals surface area contributed by atoms with Gasteiger partial charge in [0.1, 0.15) is 5.82 Å². The minimum absolute atomic E-state index is 0.0305. The largest absolute Gasteiger partial charge is 0.390 e. The molecule has 4 heterocycles. The first kappa shape index (κ1) is 18.6. The van der Waals surface area contributed by atoms with Gasteiger partial charge in [-0.1, -0.05) is 12.1 Å². The van der Waals surface area contributed by atoms with Gasteiger partial charge < -0.3 is 10.0 Å². The fourth-order valence-electron chi connectivity index (χ4n) is 6.64. The van der Waals surface area contributed by atoms with E-state index >= 15 is 0 Å². The van der Waals surface area contributed by atoms with Crippen molar-refractivity contribution < 1.29 is 5.11 Å². The summed E-state index contributed by atoms with van der Waals surface area (Å²) in [5.41, 5.74) is 2.38. The molecule has 1 spiro atoms. The van der Waals surface area contributed by atoms with E-state index in [0.29, 0.717) is 6.04 Å². The number of fused-ring (bicyclic) bond motifs is 2. The first-order valence-electron chi connectivity index (χ1n) is 11.6. The smallest absolute Gasteiger partial charge is 0.130 e. The van der Waals surface area contributed by atoms with E-state index in [2.05, 4.69) is 45.3 Å². The van der Waals surface area contributed by atoms with Crippen LogP contribution < -0.4 is 4.90 Å². The molecule has 1 atom stereocenters. The number of nitrogens with zero attached hydrogens (tertiary/aromatic N) is 5. The summed E-state index contributed by atoms with van der Waals surface area (Å²) in [6, 6.07) is 13.6. The summed E-state index contributed by atoms with van der Waals surface area (Å²) >= 11 is 0. The lowest BCUT2D eigenvalue weighted by Gasteiger charge is -2.45. The van der Waals surface area contributed by atoms with E-state index in [1.54, 1.807) is 0 Å². The van der Waals surface area contributed by atoms with Gasteiger partial charge in [0.15, 0.2) is 0 Å². The van der Waals surface area contributed by atoms with Crippen LogP contribution in [0.2, 0.25) is 0 Å². The number of hydrogen-bond donors (Lipinski definition) is 1. The van der Waals surface area contributed by atoms with Crippen molar-refractivity contribution >= 4 is 16.7 Å². The molecule has 3 saturated carbocycles. The number of benzene rings is 1. The highest BCUT2D eigenvalue weighted by molar-refractivity contribution is 5.82. The van der Waals surface area contributed by atoms with Gasteiger partial charge in [-0.05, 0) is 69.1 Å². The van der Waals surface area contributed by atoms with Crippen LogP contribution in [0.25, 0.3) is 16.6 Å². The number of pyridine rings is 1. The lowest BCUT2D eigenvalue weighted by molar-refractivity contribution is -0.0754. The lowest BCUT2D eigenvalue weighted by atomic mass is 9.61. The molecule has 3 aliphatic carbocycles. The maximum Gasteiger partial charge on any atom is 0.130 e. The second-order valence-corrected chi connectivity index (χ2v) is 11.2. The molecule has 3 aromatic rings. The van der Waals surface area contributed by atoms with Crippen molar-refractivity contribution in [3.63, 3.8) is 0 Å². The van der Waals surface area contributed by atoms with Crippen molar-refractivity contribution in [3.8, 4) is 11.8 Å². The quantitative estimate of drug-likeness (QED) is 0.681. The van der Waals surface area contributed by atoms with E-state index in [0.717, 1.165) is 53.8 Å². The molecular weight excluding hydrogens is 398 g/mol. The Labute approximate surface area is 187 Å². The highest BCUT2D eigenvalue weighted by Crippen LogP contribution is 2.78. The molecule has 32 heavy (non-hydrogen) atoms. The van der Waals surface area contributed by atoms with Gasteiger partial charge in [-0.2, -0.15) is 10.4 Å². The van der Waals surface area contributed by atoms with Gasteiger partial charge >= 0.3 is 0 Å². The Kier molecular flexibility index (Phi) is 3.22. The first-order chi connectivity index (χ1) is 15.3. The summed E-state index contributed by atoms with van der Waals surface area (Å²) in [6.45, 7) is 4.71. The molecular formula is C26H27N5O. The summed E-state index contributed by atoms with van der Waals surface area (Å²) in [5.74, 6) is 0.948. The van der Waals surface area contributed by atoms with Crippen LogP contribution in [0.3, 0.4) is 0 Å². The van der Waals surface area contributed by atoms with Gasteiger partial charge in [0.2, 0.25) is 0 Å². The average molecular weight is 426 g/mol. The molecule has 8 rings (SSSR count). The Bertz CT molecular complexity index is 1320. The molecule has 5 aliphatic rings. The minimum Gasteiger partial charge on any atom is -0.390 e. The van der Waals surface area contributed by atoms with E-state index < -0.39 is 5.60 Å². The predicted octanol–water partition coefficient (Wildman–Crippen LogP) is 4.11. The third-order valence-corrected chi connectivity index (χ3v) is 9.22. The van der Waals surface area contributed by atoms with E-state index in [1.807, 2.05) is 37.0 Å². The third kappa shape index (κ3) is 2.17. The van der Waals surface area contributed by atoms with Crippen LogP contribution in [-0.4, -0.2) is 38.1 Å². The molecule has 2 aromatic heterocycles. The van der Waals surface area contributed by atoms with Gasteiger partial charge in [0.25, 0.3) is 0 Å². The molecule has 6 heteroatoms. The molecule has 1 N–H and O–H groups in total. The summed E-state index contributed by atoms with van der Waals surface area (Å²) in [7, 11) is 0. The molecule has 1 aromatic carbocycles. The predicted molar refractivity (Wildman–Crippen MR) is 122 cm³/mol. The zero-order valence-corrected chi connectivity index (χ0v) is 18.5. The number of hydrogen-bond acceptors (Lipinski definition) is 5. The maximum atomic E-state index is 10.7. The van der Waals surface area contributed by atoms with E-state index in [9.17, 15) is 10.4 Å². The molecule has 6 nitrogen and oxygen atoms in total. The van der Waals surface area contributed by atoms with Crippen LogP contribution in [0.5, 0.6) is 0 Å². The summed E-state index contributed by atoms with van der Waals surface area (Å²) in [5, 5.41) is 26.4. The number of aliphatic hydroxyl groups is 1. The van der Waals surface area contributed by atoms with Crippen LogP contribution in [-0.2, 0) is 5.41 Å². The van der Waals surface area contributed by atoms with Gasteiger partial charge in [0.05, 0.1) is 34.5 Å². The second-order valence-electron chi connectivity index (χ2n) is 11.2. The molecule has 0 unspecified atom stereocenters. The van der Waals surface area contributed by atoms with Gasteiger partial charge in [-0.3, -0.25) is 0 Å². The first-order valence-corrected chi connectivity index (χ1v) is 11.6. The zero-order chi connectivity index (χ0) is 21.9. The summed E-state index contributed by atoms with van der Waals surface area (Å²) < 4.78 is 1.98. The van der Waals surface area contributed by atoms with Crippen molar-refractivity contribution in [3.05, 3.63) is 48.3 Å². The standard InChI is InChI=1S/C26H27N5O/c1-23(2,32)25-11-20(12-25)30(16-25)22-10-19(5-8-28-22)31-21-9-18(4-3-17(21)13-29-31)26(15-27)14-24(26)6-7-24/h3-5,8-10,13,20,32H,6-7,11-12,14,16H2,1-2H3/t20?,25?,26-/m0/s1.